The highest BCUT2D eigenvalue weighted by Crippen LogP contribution is 2.30. The molecule has 162 valence electrons. The second-order valence-electron chi connectivity index (χ2n) is 7.23. The standard InChI is InChI=1S/C20H26N4O5S/c1-4-29-20(26)17-13(2)22-14(3)18(17)30(27,28)24-10-6-7-15(12-24)19(25)23-16-8-5-9-21-11-16/h5,8-9,11,15,22H,4,6-7,10,12H2,1-3H3,(H,23,25)/t15-/m0/s1. The first-order valence-corrected chi connectivity index (χ1v) is 11.3. The molecule has 0 saturated carbocycles. The molecule has 0 radical (unpaired) electrons. The number of carbonyl (C=O) groups is 2. The van der Waals surface area contributed by atoms with Gasteiger partial charge in [-0.15, -0.1) is 0 Å². The van der Waals surface area contributed by atoms with Crippen molar-refractivity contribution in [1.29, 1.82) is 0 Å². The van der Waals surface area contributed by atoms with Gasteiger partial charge in [0.05, 0.1) is 24.4 Å². The van der Waals surface area contributed by atoms with Gasteiger partial charge >= 0.3 is 5.97 Å². The van der Waals surface area contributed by atoms with Crippen molar-refractivity contribution in [2.45, 2.75) is 38.5 Å². The van der Waals surface area contributed by atoms with E-state index in [1.807, 2.05) is 0 Å². The normalized spacial score (nSPS) is 17.5. The van der Waals surface area contributed by atoms with Crippen LogP contribution in [-0.2, 0) is 19.6 Å². The number of aryl methyl sites for hydroxylation is 2. The first kappa shape index (κ1) is 22.0. The minimum atomic E-state index is -4.00. The molecule has 30 heavy (non-hydrogen) atoms. The maximum absolute atomic E-state index is 13.4. The molecule has 2 aromatic rings. The van der Waals surface area contributed by atoms with Crippen LogP contribution in [0.2, 0.25) is 0 Å². The number of hydrogen-bond acceptors (Lipinski definition) is 6. The molecule has 0 aliphatic carbocycles. The Balaban J connectivity index is 1.85. The van der Waals surface area contributed by atoms with Crippen LogP contribution in [0.15, 0.2) is 29.4 Å². The fourth-order valence-corrected chi connectivity index (χ4v) is 5.65. The van der Waals surface area contributed by atoms with E-state index in [-0.39, 0.29) is 36.1 Å². The van der Waals surface area contributed by atoms with E-state index in [0.29, 0.717) is 29.9 Å². The number of aromatic nitrogens is 2. The number of H-pyrrole nitrogens is 1. The van der Waals surface area contributed by atoms with Crippen molar-refractivity contribution >= 4 is 27.6 Å². The molecule has 1 fully saturated rings. The molecule has 0 unspecified atom stereocenters. The van der Waals surface area contributed by atoms with Crippen molar-refractivity contribution in [3.05, 3.63) is 41.5 Å². The fourth-order valence-electron chi connectivity index (χ4n) is 3.71. The number of esters is 1. The highest BCUT2D eigenvalue weighted by atomic mass is 32.2. The van der Waals surface area contributed by atoms with Crippen LogP contribution >= 0.6 is 0 Å². The third-order valence-corrected chi connectivity index (χ3v) is 7.12. The number of pyridine rings is 1. The Morgan fingerprint density at radius 3 is 2.77 bits per heavy atom. The third kappa shape index (κ3) is 4.39. The second kappa shape index (κ2) is 8.97. The minimum Gasteiger partial charge on any atom is -0.462 e. The van der Waals surface area contributed by atoms with Crippen molar-refractivity contribution < 1.29 is 22.7 Å². The van der Waals surface area contributed by atoms with E-state index in [2.05, 4.69) is 15.3 Å². The zero-order valence-corrected chi connectivity index (χ0v) is 18.1. The van der Waals surface area contributed by atoms with Crippen molar-refractivity contribution in [2.24, 2.45) is 5.92 Å². The highest BCUT2D eigenvalue weighted by Gasteiger charge is 2.38. The number of amides is 1. The monoisotopic (exact) mass is 434 g/mol. The van der Waals surface area contributed by atoms with E-state index in [1.54, 1.807) is 39.1 Å². The summed E-state index contributed by atoms with van der Waals surface area (Å²) in [5, 5.41) is 2.78. The fraction of sp³-hybridized carbons (Fsp3) is 0.450. The Hall–Kier alpha value is -2.72. The lowest BCUT2D eigenvalue weighted by Crippen LogP contribution is -2.44. The van der Waals surface area contributed by atoms with Gasteiger partial charge in [-0.25, -0.2) is 13.2 Å². The largest absolute Gasteiger partial charge is 0.462 e. The van der Waals surface area contributed by atoms with E-state index < -0.39 is 21.9 Å². The lowest BCUT2D eigenvalue weighted by Gasteiger charge is -2.31. The lowest BCUT2D eigenvalue weighted by molar-refractivity contribution is -0.120. The van der Waals surface area contributed by atoms with Crippen LogP contribution in [0.1, 0.15) is 41.5 Å². The van der Waals surface area contributed by atoms with Crippen molar-refractivity contribution in [3.8, 4) is 0 Å². The molecule has 1 aliphatic rings. The number of anilines is 1. The van der Waals surface area contributed by atoms with Crippen molar-refractivity contribution in [3.63, 3.8) is 0 Å². The Kier molecular flexibility index (Phi) is 6.57. The summed E-state index contributed by atoms with van der Waals surface area (Å²) in [6.07, 6.45) is 4.26. The molecule has 10 heteroatoms. The van der Waals surface area contributed by atoms with Gasteiger partial charge in [0.15, 0.2) is 0 Å². The molecule has 0 bridgehead atoms. The Bertz CT molecular complexity index is 1030. The number of nitrogens with zero attached hydrogens (tertiary/aromatic N) is 2. The molecule has 1 atom stereocenters. The van der Waals surface area contributed by atoms with E-state index >= 15 is 0 Å². The van der Waals surface area contributed by atoms with Crippen LogP contribution in [0.25, 0.3) is 0 Å². The summed E-state index contributed by atoms with van der Waals surface area (Å²) in [4.78, 5) is 31.9. The summed E-state index contributed by atoms with van der Waals surface area (Å²) in [6.45, 7) is 5.38. The summed E-state index contributed by atoms with van der Waals surface area (Å²) in [7, 11) is -4.00. The summed E-state index contributed by atoms with van der Waals surface area (Å²) >= 11 is 0. The van der Waals surface area contributed by atoms with Gasteiger partial charge in [-0.05, 0) is 45.7 Å². The first-order chi connectivity index (χ1) is 14.3. The van der Waals surface area contributed by atoms with E-state index in [4.69, 9.17) is 4.74 Å². The SMILES string of the molecule is CCOC(=O)c1c(C)[nH]c(C)c1S(=O)(=O)N1CCC[C@H](C(=O)Nc2cccnc2)C1. The zero-order chi connectivity index (χ0) is 21.9. The van der Waals surface area contributed by atoms with Crippen molar-refractivity contribution in [1.82, 2.24) is 14.3 Å². The summed E-state index contributed by atoms with van der Waals surface area (Å²) in [6, 6.07) is 3.43. The molecule has 1 aliphatic heterocycles. The summed E-state index contributed by atoms with van der Waals surface area (Å²) in [5.74, 6) is -1.43. The zero-order valence-electron chi connectivity index (χ0n) is 17.3. The molecule has 9 nitrogen and oxygen atoms in total. The van der Waals surface area contributed by atoms with Gasteiger partial charge in [-0.2, -0.15) is 4.31 Å². The van der Waals surface area contributed by atoms with Gasteiger partial charge < -0.3 is 15.0 Å². The summed E-state index contributed by atoms with van der Waals surface area (Å²) in [5.41, 5.74) is 1.39. The van der Waals surface area contributed by atoms with Gasteiger partial charge in [-0.3, -0.25) is 9.78 Å². The average Bonchev–Trinajstić information content (AvgIpc) is 3.03. The minimum absolute atomic E-state index is 0.0243. The molecular weight excluding hydrogens is 408 g/mol. The van der Waals surface area contributed by atoms with Gasteiger partial charge in [0.25, 0.3) is 0 Å². The van der Waals surface area contributed by atoms with Crippen molar-refractivity contribution in [2.75, 3.05) is 25.0 Å². The van der Waals surface area contributed by atoms with Gasteiger partial charge in [-0.1, -0.05) is 0 Å². The molecule has 0 spiro atoms. The van der Waals surface area contributed by atoms with Gasteiger partial charge in [0, 0.05) is 30.7 Å². The number of hydrogen-bond donors (Lipinski definition) is 2. The molecule has 2 N–H and O–H groups in total. The maximum Gasteiger partial charge on any atom is 0.341 e. The molecule has 3 heterocycles. The number of rotatable bonds is 6. The molecule has 1 saturated heterocycles. The molecule has 2 aromatic heterocycles. The van der Waals surface area contributed by atoms with Crippen LogP contribution in [0, 0.1) is 19.8 Å². The van der Waals surface area contributed by atoms with Crippen LogP contribution in [-0.4, -0.2) is 54.3 Å². The average molecular weight is 435 g/mol. The highest BCUT2D eigenvalue weighted by molar-refractivity contribution is 7.89. The van der Waals surface area contributed by atoms with Crippen LogP contribution in [0.3, 0.4) is 0 Å². The number of aromatic amines is 1. The van der Waals surface area contributed by atoms with E-state index in [9.17, 15) is 18.0 Å². The van der Waals surface area contributed by atoms with E-state index in [1.165, 1.54) is 10.5 Å². The quantitative estimate of drug-likeness (QED) is 0.673. The number of nitrogens with one attached hydrogen (secondary N) is 2. The maximum atomic E-state index is 13.4. The second-order valence-corrected chi connectivity index (χ2v) is 9.11. The lowest BCUT2D eigenvalue weighted by atomic mass is 9.99. The number of carbonyl (C=O) groups excluding carboxylic acids is 2. The van der Waals surface area contributed by atoms with Crippen LogP contribution < -0.4 is 5.32 Å². The van der Waals surface area contributed by atoms with Crippen LogP contribution in [0.4, 0.5) is 5.69 Å². The predicted octanol–water partition coefficient (Wildman–Crippen LogP) is 2.24. The van der Waals surface area contributed by atoms with Gasteiger partial charge in [0.1, 0.15) is 10.5 Å². The third-order valence-electron chi connectivity index (χ3n) is 5.08. The topological polar surface area (TPSA) is 121 Å². The Labute approximate surface area is 175 Å². The molecule has 1 amide bonds. The first-order valence-electron chi connectivity index (χ1n) is 9.83. The predicted molar refractivity (Wildman–Crippen MR) is 111 cm³/mol. The molecular formula is C20H26N4O5S. The smallest absolute Gasteiger partial charge is 0.341 e. The number of piperidine rings is 1. The number of sulfonamides is 1. The van der Waals surface area contributed by atoms with E-state index in [0.717, 1.165) is 0 Å². The van der Waals surface area contributed by atoms with Gasteiger partial charge in [0.2, 0.25) is 15.9 Å². The van der Waals surface area contributed by atoms with Crippen LogP contribution in [0.5, 0.6) is 0 Å². The summed E-state index contributed by atoms with van der Waals surface area (Å²) < 4.78 is 33.2. The molecule has 0 aromatic carbocycles. The Morgan fingerprint density at radius 2 is 2.10 bits per heavy atom. The Morgan fingerprint density at radius 1 is 1.33 bits per heavy atom. The molecule has 3 rings (SSSR count). The number of ether oxygens (including phenoxy) is 1.